The zero-order chi connectivity index (χ0) is 13.3. The highest BCUT2D eigenvalue weighted by molar-refractivity contribution is 5.82. The van der Waals surface area contributed by atoms with E-state index in [1.54, 1.807) is 0 Å². The Morgan fingerprint density at radius 3 is 2.00 bits per heavy atom. The van der Waals surface area contributed by atoms with Gasteiger partial charge in [0.25, 0.3) is 0 Å². The van der Waals surface area contributed by atoms with Gasteiger partial charge >= 0.3 is 12.4 Å². The van der Waals surface area contributed by atoms with Crippen LogP contribution >= 0.6 is 0 Å². The molecule has 0 heterocycles. The molecule has 0 saturated heterocycles. The Hall–Kier alpha value is -1.73. The Kier molecular flexibility index (Phi) is 3.35. The second kappa shape index (κ2) is 4.27. The fraction of sp³-hybridized carbons (Fsp3) is 0.222. The van der Waals surface area contributed by atoms with E-state index in [1.807, 2.05) is 0 Å². The average Bonchev–Trinajstić information content (AvgIpc) is 2.14. The summed E-state index contributed by atoms with van der Waals surface area (Å²) in [5.41, 5.74) is -4.54. The lowest BCUT2D eigenvalue weighted by Crippen LogP contribution is -2.18. The van der Waals surface area contributed by atoms with E-state index in [2.05, 4.69) is 5.16 Å². The molecule has 0 spiro atoms. The summed E-state index contributed by atoms with van der Waals surface area (Å²) in [6, 6.07) is 1.89. The molecule has 0 fully saturated rings. The van der Waals surface area contributed by atoms with Gasteiger partial charge in [-0.2, -0.15) is 26.3 Å². The molecule has 2 nitrogen and oxygen atoms in total. The quantitative estimate of drug-likeness (QED) is 0.355. The van der Waals surface area contributed by atoms with E-state index in [1.165, 1.54) is 0 Å². The first-order valence-electron chi connectivity index (χ1n) is 4.12. The number of hydrogen-bond donors (Lipinski definition) is 1. The second-order valence-corrected chi connectivity index (χ2v) is 3.01. The molecule has 0 amide bonds. The predicted octanol–water partition coefficient (Wildman–Crippen LogP) is 3.53. The second-order valence-electron chi connectivity index (χ2n) is 3.01. The lowest BCUT2D eigenvalue weighted by atomic mass is 10.0. The van der Waals surface area contributed by atoms with Gasteiger partial charge in [-0.25, -0.2) is 0 Å². The van der Waals surface area contributed by atoms with E-state index in [0.717, 1.165) is 12.1 Å². The first-order valence-corrected chi connectivity index (χ1v) is 4.12. The molecule has 1 rings (SSSR count). The monoisotopic (exact) mass is 257 g/mol. The molecule has 0 bridgehead atoms. The number of hydrogen-bond acceptors (Lipinski definition) is 2. The summed E-state index contributed by atoms with van der Waals surface area (Å²) in [5, 5.41) is 10.4. The number of rotatable bonds is 1. The molecule has 0 aliphatic heterocycles. The predicted molar refractivity (Wildman–Crippen MR) is 45.8 cm³/mol. The van der Waals surface area contributed by atoms with Crippen LogP contribution in [0.4, 0.5) is 26.3 Å². The van der Waals surface area contributed by atoms with Gasteiger partial charge in [0.1, 0.15) is 0 Å². The van der Waals surface area contributed by atoms with Crippen LogP contribution in [0.5, 0.6) is 0 Å². The Bertz CT molecular complexity index is 434. The maximum atomic E-state index is 12.5. The van der Waals surface area contributed by atoms with E-state index >= 15 is 0 Å². The summed E-state index contributed by atoms with van der Waals surface area (Å²) < 4.78 is 74.7. The Morgan fingerprint density at radius 1 is 1.00 bits per heavy atom. The van der Waals surface area contributed by atoms with Gasteiger partial charge in [-0.15, -0.1) is 0 Å². The topological polar surface area (TPSA) is 32.6 Å². The van der Waals surface area contributed by atoms with Crippen LogP contribution in [0.3, 0.4) is 0 Å². The molecule has 0 unspecified atom stereocenters. The van der Waals surface area contributed by atoms with Crippen LogP contribution in [-0.2, 0) is 12.4 Å². The smallest absolute Gasteiger partial charge is 0.411 e. The minimum atomic E-state index is -5.19. The van der Waals surface area contributed by atoms with Gasteiger partial charge in [-0.1, -0.05) is 17.3 Å². The molecule has 1 aromatic rings. The highest BCUT2D eigenvalue weighted by Gasteiger charge is 2.44. The third kappa shape index (κ3) is 2.89. The normalized spacial score (nSPS) is 13.3. The van der Waals surface area contributed by atoms with Crippen LogP contribution in [0.2, 0.25) is 0 Å². The lowest BCUT2D eigenvalue weighted by molar-refractivity contribution is -0.162. The zero-order valence-electron chi connectivity index (χ0n) is 7.97. The molecule has 0 aliphatic carbocycles. The summed E-state index contributed by atoms with van der Waals surface area (Å²) in [6.07, 6.45) is -10.0. The van der Waals surface area contributed by atoms with Gasteiger partial charge in [-0.3, -0.25) is 0 Å². The van der Waals surface area contributed by atoms with E-state index in [-0.39, 0.29) is 0 Å². The van der Waals surface area contributed by atoms with E-state index < -0.39 is 29.0 Å². The van der Waals surface area contributed by atoms with Crippen molar-refractivity contribution in [3.63, 3.8) is 0 Å². The van der Waals surface area contributed by atoms with E-state index in [4.69, 9.17) is 5.21 Å². The van der Waals surface area contributed by atoms with Gasteiger partial charge in [0.05, 0.1) is 17.3 Å². The number of benzene rings is 1. The molecule has 8 heteroatoms. The first kappa shape index (κ1) is 13.3. The van der Waals surface area contributed by atoms with Crippen LogP contribution in [0.1, 0.15) is 16.7 Å². The molecule has 1 aromatic carbocycles. The standard InChI is InChI=1S/C9H5F6NO/c10-8(11,12)6-3-1-2-5(4-16-17)7(6)9(13,14)15/h1-4,17H. The minimum absolute atomic E-state index is 0.304. The van der Waals surface area contributed by atoms with Crippen molar-refractivity contribution in [2.45, 2.75) is 12.4 Å². The molecule has 17 heavy (non-hydrogen) atoms. The van der Waals surface area contributed by atoms with Crippen LogP contribution < -0.4 is 0 Å². The molecule has 94 valence electrons. The summed E-state index contributed by atoms with van der Waals surface area (Å²) >= 11 is 0. The van der Waals surface area contributed by atoms with Crippen molar-refractivity contribution < 1.29 is 31.5 Å². The Morgan fingerprint density at radius 2 is 1.59 bits per heavy atom. The highest BCUT2D eigenvalue weighted by Crippen LogP contribution is 2.41. The van der Waals surface area contributed by atoms with Gasteiger partial charge < -0.3 is 5.21 Å². The maximum absolute atomic E-state index is 12.5. The summed E-state index contributed by atoms with van der Waals surface area (Å²) in [5.74, 6) is 0. The van der Waals surface area contributed by atoms with Crippen LogP contribution in [-0.4, -0.2) is 11.4 Å². The molecule has 0 aromatic heterocycles. The number of nitrogens with zero attached hydrogens (tertiary/aromatic N) is 1. The third-order valence-electron chi connectivity index (χ3n) is 1.88. The van der Waals surface area contributed by atoms with Crippen LogP contribution in [0.15, 0.2) is 23.4 Å². The first-order chi connectivity index (χ1) is 7.68. The minimum Gasteiger partial charge on any atom is -0.411 e. The molecular weight excluding hydrogens is 252 g/mol. The van der Waals surface area contributed by atoms with Crippen molar-refractivity contribution >= 4 is 6.21 Å². The van der Waals surface area contributed by atoms with Crippen molar-refractivity contribution in [3.8, 4) is 0 Å². The van der Waals surface area contributed by atoms with Crippen molar-refractivity contribution in [2.75, 3.05) is 0 Å². The van der Waals surface area contributed by atoms with Crippen LogP contribution in [0.25, 0.3) is 0 Å². The lowest BCUT2D eigenvalue weighted by Gasteiger charge is -2.17. The van der Waals surface area contributed by atoms with E-state index in [9.17, 15) is 26.3 Å². The zero-order valence-corrected chi connectivity index (χ0v) is 7.97. The number of alkyl halides is 6. The van der Waals surface area contributed by atoms with Gasteiger partial charge in [0.15, 0.2) is 0 Å². The Labute approximate surface area is 91.2 Å². The summed E-state index contributed by atoms with van der Waals surface area (Å²) in [7, 11) is 0. The van der Waals surface area contributed by atoms with Crippen molar-refractivity contribution in [2.24, 2.45) is 5.16 Å². The highest BCUT2D eigenvalue weighted by atomic mass is 19.4. The number of halogens is 6. The molecule has 1 N–H and O–H groups in total. The van der Waals surface area contributed by atoms with Gasteiger partial charge in [0, 0.05) is 5.56 Å². The fourth-order valence-corrected chi connectivity index (χ4v) is 1.29. The fourth-order valence-electron chi connectivity index (χ4n) is 1.29. The van der Waals surface area contributed by atoms with E-state index in [0.29, 0.717) is 12.3 Å². The molecular formula is C9H5F6NO. The maximum Gasteiger partial charge on any atom is 0.417 e. The third-order valence-corrected chi connectivity index (χ3v) is 1.88. The average molecular weight is 257 g/mol. The summed E-state index contributed by atoms with van der Waals surface area (Å²) in [4.78, 5) is 0. The van der Waals surface area contributed by atoms with Crippen molar-refractivity contribution in [3.05, 3.63) is 34.9 Å². The van der Waals surface area contributed by atoms with Crippen molar-refractivity contribution in [1.82, 2.24) is 0 Å². The van der Waals surface area contributed by atoms with Crippen LogP contribution in [0, 0.1) is 0 Å². The molecule has 0 atom stereocenters. The molecule has 0 aliphatic rings. The van der Waals surface area contributed by atoms with Gasteiger partial charge in [0.2, 0.25) is 0 Å². The number of oxime groups is 1. The largest absolute Gasteiger partial charge is 0.417 e. The summed E-state index contributed by atoms with van der Waals surface area (Å²) in [6.45, 7) is 0. The molecule has 0 radical (unpaired) electrons. The van der Waals surface area contributed by atoms with Crippen molar-refractivity contribution in [1.29, 1.82) is 0 Å². The van der Waals surface area contributed by atoms with Gasteiger partial charge in [-0.05, 0) is 6.07 Å². The molecule has 0 saturated carbocycles. The SMILES string of the molecule is ON=Cc1cccc(C(F)(F)F)c1C(F)(F)F. The Balaban J connectivity index is 3.57.